The summed E-state index contributed by atoms with van der Waals surface area (Å²) < 4.78 is 10.8. The van der Waals surface area contributed by atoms with Gasteiger partial charge in [0.05, 0.1) is 12.7 Å². The second kappa shape index (κ2) is 6.38. The van der Waals surface area contributed by atoms with E-state index in [1.807, 2.05) is 20.8 Å². The van der Waals surface area contributed by atoms with E-state index < -0.39 is 5.60 Å². The molecule has 1 aliphatic rings. The van der Waals surface area contributed by atoms with Crippen molar-refractivity contribution in [1.29, 1.82) is 0 Å². The quantitative estimate of drug-likeness (QED) is 0.815. The Bertz CT molecular complexity index is 269. The van der Waals surface area contributed by atoms with Crippen molar-refractivity contribution in [1.82, 2.24) is 4.90 Å². The summed E-state index contributed by atoms with van der Waals surface area (Å²) in [6, 6.07) is 0. The number of aliphatic hydroxyl groups excluding tert-OH is 1. The van der Waals surface area contributed by atoms with E-state index in [-0.39, 0.29) is 18.8 Å². The number of rotatable bonds is 5. The predicted octanol–water partition coefficient (Wildman–Crippen LogP) is 1.64. The van der Waals surface area contributed by atoms with Crippen LogP contribution in [0.3, 0.4) is 0 Å². The van der Waals surface area contributed by atoms with Crippen molar-refractivity contribution in [2.24, 2.45) is 5.92 Å². The van der Waals surface area contributed by atoms with Gasteiger partial charge >= 0.3 is 6.09 Å². The molecule has 0 unspecified atom stereocenters. The molecule has 0 atom stereocenters. The zero-order chi connectivity index (χ0) is 13.8. The second-order valence-electron chi connectivity index (χ2n) is 5.91. The Morgan fingerprint density at radius 2 is 2.00 bits per heavy atom. The lowest BCUT2D eigenvalue weighted by molar-refractivity contribution is -0.0503. The maximum atomic E-state index is 11.6. The summed E-state index contributed by atoms with van der Waals surface area (Å²) >= 11 is 0. The van der Waals surface area contributed by atoms with Gasteiger partial charge in [0.2, 0.25) is 0 Å². The highest BCUT2D eigenvalue weighted by Crippen LogP contribution is 2.29. The SMILES string of the molecule is CN(CCOC1CC(CO)C1)C(=O)OC(C)(C)C. The fourth-order valence-electron chi connectivity index (χ4n) is 1.75. The molecule has 0 radical (unpaired) electrons. The summed E-state index contributed by atoms with van der Waals surface area (Å²) in [7, 11) is 1.70. The highest BCUT2D eigenvalue weighted by Gasteiger charge is 2.29. The van der Waals surface area contributed by atoms with Gasteiger partial charge in [-0.2, -0.15) is 0 Å². The number of carbonyl (C=O) groups is 1. The fourth-order valence-corrected chi connectivity index (χ4v) is 1.75. The average molecular weight is 259 g/mol. The smallest absolute Gasteiger partial charge is 0.410 e. The van der Waals surface area contributed by atoms with E-state index in [0.717, 1.165) is 12.8 Å². The minimum atomic E-state index is -0.464. The van der Waals surface area contributed by atoms with Gasteiger partial charge in [0.25, 0.3) is 0 Å². The van der Waals surface area contributed by atoms with Crippen LogP contribution in [0.2, 0.25) is 0 Å². The number of carbonyl (C=O) groups excluding carboxylic acids is 1. The summed E-state index contributed by atoms with van der Waals surface area (Å²) in [6.07, 6.45) is 1.77. The first-order valence-electron chi connectivity index (χ1n) is 6.48. The third-order valence-corrected chi connectivity index (χ3v) is 2.94. The van der Waals surface area contributed by atoms with E-state index in [9.17, 15) is 4.79 Å². The van der Waals surface area contributed by atoms with Gasteiger partial charge in [-0.3, -0.25) is 0 Å². The van der Waals surface area contributed by atoms with E-state index in [4.69, 9.17) is 14.6 Å². The molecule has 1 aliphatic carbocycles. The van der Waals surface area contributed by atoms with Crippen LogP contribution in [-0.4, -0.2) is 54.6 Å². The van der Waals surface area contributed by atoms with Crippen LogP contribution in [0.25, 0.3) is 0 Å². The largest absolute Gasteiger partial charge is 0.444 e. The average Bonchev–Trinajstić information content (AvgIpc) is 2.18. The summed E-state index contributed by atoms with van der Waals surface area (Å²) in [6.45, 7) is 6.82. The van der Waals surface area contributed by atoms with Gasteiger partial charge in [-0.05, 0) is 39.5 Å². The minimum Gasteiger partial charge on any atom is -0.444 e. The molecule has 106 valence electrons. The number of likely N-dealkylation sites (N-methyl/N-ethyl adjacent to an activating group) is 1. The van der Waals surface area contributed by atoms with Gasteiger partial charge in [0.1, 0.15) is 5.60 Å². The van der Waals surface area contributed by atoms with E-state index in [1.165, 1.54) is 4.90 Å². The summed E-state index contributed by atoms with van der Waals surface area (Å²) in [4.78, 5) is 13.2. The lowest BCUT2D eigenvalue weighted by Crippen LogP contribution is -2.38. The van der Waals surface area contributed by atoms with Crippen molar-refractivity contribution in [3.8, 4) is 0 Å². The number of hydrogen-bond donors (Lipinski definition) is 1. The first kappa shape index (κ1) is 15.2. The Labute approximate surface area is 109 Å². The number of hydrogen-bond acceptors (Lipinski definition) is 4. The first-order chi connectivity index (χ1) is 8.31. The van der Waals surface area contributed by atoms with Crippen LogP contribution < -0.4 is 0 Å². The number of ether oxygens (including phenoxy) is 2. The molecule has 5 heteroatoms. The van der Waals surface area contributed by atoms with Crippen LogP contribution in [0.4, 0.5) is 4.79 Å². The van der Waals surface area contributed by atoms with Gasteiger partial charge in [-0.1, -0.05) is 0 Å². The molecule has 1 N–H and O–H groups in total. The molecular weight excluding hydrogens is 234 g/mol. The Morgan fingerprint density at radius 3 is 2.50 bits per heavy atom. The predicted molar refractivity (Wildman–Crippen MR) is 68.4 cm³/mol. The van der Waals surface area contributed by atoms with Crippen molar-refractivity contribution in [2.75, 3.05) is 26.8 Å². The molecule has 0 spiro atoms. The standard InChI is InChI=1S/C13H25NO4/c1-13(2,3)18-12(16)14(4)5-6-17-11-7-10(8-11)9-15/h10-11,15H,5-9H2,1-4H3. The van der Waals surface area contributed by atoms with Gasteiger partial charge in [-0.25, -0.2) is 4.79 Å². The summed E-state index contributed by atoms with van der Waals surface area (Å²) in [5.74, 6) is 0.401. The van der Waals surface area contributed by atoms with Crippen molar-refractivity contribution in [3.05, 3.63) is 0 Å². The van der Waals surface area contributed by atoms with Crippen molar-refractivity contribution in [3.63, 3.8) is 0 Å². The molecule has 1 rings (SSSR count). The highest BCUT2D eigenvalue weighted by atomic mass is 16.6. The normalized spacial score (nSPS) is 23.4. The molecule has 5 nitrogen and oxygen atoms in total. The zero-order valence-corrected chi connectivity index (χ0v) is 11.8. The summed E-state index contributed by atoms with van der Waals surface area (Å²) in [5, 5.41) is 8.87. The molecule has 1 amide bonds. The van der Waals surface area contributed by atoms with E-state index >= 15 is 0 Å². The van der Waals surface area contributed by atoms with Crippen LogP contribution >= 0.6 is 0 Å². The summed E-state index contributed by atoms with van der Waals surface area (Å²) in [5.41, 5.74) is -0.464. The number of amides is 1. The van der Waals surface area contributed by atoms with Crippen LogP contribution in [-0.2, 0) is 9.47 Å². The van der Waals surface area contributed by atoms with Crippen LogP contribution in [0.1, 0.15) is 33.6 Å². The fraction of sp³-hybridized carbons (Fsp3) is 0.923. The Kier molecular flexibility index (Phi) is 5.41. The zero-order valence-electron chi connectivity index (χ0n) is 11.8. The molecule has 0 aromatic rings. The highest BCUT2D eigenvalue weighted by molar-refractivity contribution is 5.67. The van der Waals surface area contributed by atoms with Crippen molar-refractivity contribution < 1.29 is 19.4 Å². The third kappa shape index (κ3) is 5.23. The van der Waals surface area contributed by atoms with E-state index in [1.54, 1.807) is 7.05 Å². The Morgan fingerprint density at radius 1 is 1.39 bits per heavy atom. The van der Waals surface area contributed by atoms with Crippen LogP contribution in [0, 0.1) is 5.92 Å². The Hall–Kier alpha value is -0.810. The van der Waals surface area contributed by atoms with Gasteiger partial charge in [0, 0.05) is 20.2 Å². The molecule has 0 bridgehead atoms. The van der Waals surface area contributed by atoms with E-state index in [0.29, 0.717) is 19.1 Å². The maximum Gasteiger partial charge on any atom is 0.410 e. The van der Waals surface area contributed by atoms with E-state index in [2.05, 4.69) is 0 Å². The minimum absolute atomic E-state index is 0.245. The number of aliphatic hydroxyl groups is 1. The monoisotopic (exact) mass is 259 g/mol. The molecule has 0 aromatic heterocycles. The van der Waals surface area contributed by atoms with Gasteiger partial charge in [0.15, 0.2) is 0 Å². The van der Waals surface area contributed by atoms with Crippen LogP contribution in [0.15, 0.2) is 0 Å². The molecule has 0 heterocycles. The van der Waals surface area contributed by atoms with Gasteiger partial charge < -0.3 is 19.5 Å². The second-order valence-corrected chi connectivity index (χ2v) is 5.91. The van der Waals surface area contributed by atoms with Crippen molar-refractivity contribution >= 4 is 6.09 Å². The molecule has 0 aliphatic heterocycles. The number of nitrogens with zero attached hydrogens (tertiary/aromatic N) is 1. The molecule has 1 saturated carbocycles. The molecule has 0 aromatic carbocycles. The molecular formula is C13H25NO4. The topological polar surface area (TPSA) is 59.0 Å². The lowest BCUT2D eigenvalue weighted by atomic mass is 9.83. The third-order valence-electron chi connectivity index (χ3n) is 2.94. The van der Waals surface area contributed by atoms with Crippen molar-refractivity contribution in [2.45, 2.75) is 45.3 Å². The maximum absolute atomic E-state index is 11.6. The Balaban J connectivity index is 2.10. The molecule has 0 saturated heterocycles. The van der Waals surface area contributed by atoms with Gasteiger partial charge in [-0.15, -0.1) is 0 Å². The first-order valence-corrected chi connectivity index (χ1v) is 6.48. The molecule has 1 fully saturated rings. The molecule has 18 heavy (non-hydrogen) atoms. The van der Waals surface area contributed by atoms with Crippen LogP contribution in [0.5, 0.6) is 0 Å². The lowest BCUT2D eigenvalue weighted by Gasteiger charge is -2.34.